The number of carbonyl (C=O) groups is 1. The molecule has 1 aromatic heterocycles. The van der Waals surface area contributed by atoms with E-state index in [0.717, 1.165) is 6.42 Å². The number of amides is 1. The van der Waals surface area contributed by atoms with Gasteiger partial charge in [-0.15, -0.1) is 11.3 Å². The van der Waals surface area contributed by atoms with Crippen molar-refractivity contribution in [2.24, 2.45) is 5.73 Å². The first kappa shape index (κ1) is 14.2. The maximum Gasteiger partial charge on any atom is 0.240 e. The van der Waals surface area contributed by atoms with E-state index in [9.17, 15) is 4.79 Å². The van der Waals surface area contributed by atoms with Crippen molar-refractivity contribution in [2.45, 2.75) is 51.6 Å². The van der Waals surface area contributed by atoms with E-state index in [-0.39, 0.29) is 11.9 Å². The summed E-state index contributed by atoms with van der Waals surface area (Å²) in [4.78, 5) is 13.3. The molecule has 4 heteroatoms. The van der Waals surface area contributed by atoms with E-state index in [4.69, 9.17) is 5.73 Å². The Labute approximate surface area is 107 Å². The molecular formula is C13H22N2OS. The molecule has 1 rings (SSSR count). The summed E-state index contributed by atoms with van der Waals surface area (Å²) in [7, 11) is 0. The number of hydrogen-bond acceptors (Lipinski definition) is 3. The second kappa shape index (κ2) is 6.17. The molecule has 1 amide bonds. The molecule has 1 heterocycles. The van der Waals surface area contributed by atoms with Gasteiger partial charge in [0.1, 0.15) is 0 Å². The Kier molecular flexibility index (Phi) is 5.15. The predicted molar refractivity (Wildman–Crippen MR) is 73.1 cm³/mol. The minimum atomic E-state index is -0.719. The van der Waals surface area contributed by atoms with Gasteiger partial charge in [0.05, 0.1) is 5.54 Å². The van der Waals surface area contributed by atoms with Crippen LogP contribution in [0.5, 0.6) is 0 Å². The zero-order valence-corrected chi connectivity index (χ0v) is 11.6. The lowest BCUT2D eigenvalue weighted by molar-refractivity contribution is -0.127. The lowest BCUT2D eigenvalue weighted by atomic mass is 9.93. The van der Waals surface area contributed by atoms with E-state index in [0.29, 0.717) is 12.8 Å². The third kappa shape index (κ3) is 3.82. The normalized spacial score (nSPS) is 13.4. The molecule has 3 nitrogen and oxygen atoms in total. The quantitative estimate of drug-likeness (QED) is 0.818. The van der Waals surface area contributed by atoms with Crippen LogP contribution in [-0.4, -0.2) is 17.5 Å². The minimum absolute atomic E-state index is 0.0356. The Balaban J connectivity index is 2.51. The smallest absolute Gasteiger partial charge is 0.240 e. The highest BCUT2D eigenvalue weighted by molar-refractivity contribution is 7.09. The van der Waals surface area contributed by atoms with Crippen LogP contribution in [0.25, 0.3) is 0 Å². The third-order valence-electron chi connectivity index (χ3n) is 3.18. The topological polar surface area (TPSA) is 55.1 Å². The zero-order valence-electron chi connectivity index (χ0n) is 10.8. The number of nitrogens with one attached hydrogen (secondary N) is 1. The summed E-state index contributed by atoms with van der Waals surface area (Å²) in [5, 5.41) is 5.05. The van der Waals surface area contributed by atoms with Gasteiger partial charge in [-0.3, -0.25) is 4.79 Å². The number of thiophene rings is 1. The largest absolute Gasteiger partial charge is 0.352 e. The van der Waals surface area contributed by atoms with Gasteiger partial charge in [-0.1, -0.05) is 19.9 Å². The lowest BCUT2D eigenvalue weighted by Gasteiger charge is -2.27. The molecule has 0 aliphatic heterocycles. The number of hydrogen-bond donors (Lipinski definition) is 2. The SMILES string of the molecule is CCC(N)(CC)C(=O)NC(C)Cc1cccs1. The summed E-state index contributed by atoms with van der Waals surface area (Å²) < 4.78 is 0. The molecule has 0 aliphatic carbocycles. The van der Waals surface area contributed by atoms with Crippen LogP contribution in [0.3, 0.4) is 0 Å². The van der Waals surface area contributed by atoms with Crippen LogP contribution in [0, 0.1) is 0 Å². The van der Waals surface area contributed by atoms with Crippen LogP contribution < -0.4 is 11.1 Å². The first-order valence-electron chi connectivity index (χ1n) is 6.14. The van der Waals surface area contributed by atoms with Crippen molar-refractivity contribution in [1.29, 1.82) is 0 Å². The highest BCUT2D eigenvalue weighted by Crippen LogP contribution is 2.14. The molecule has 1 atom stereocenters. The van der Waals surface area contributed by atoms with E-state index in [1.54, 1.807) is 11.3 Å². The third-order valence-corrected chi connectivity index (χ3v) is 4.08. The van der Waals surface area contributed by atoms with Gasteiger partial charge >= 0.3 is 0 Å². The number of nitrogens with two attached hydrogens (primary N) is 1. The van der Waals surface area contributed by atoms with E-state index >= 15 is 0 Å². The van der Waals surface area contributed by atoms with E-state index in [1.165, 1.54) is 4.88 Å². The molecule has 17 heavy (non-hydrogen) atoms. The summed E-state index contributed by atoms with van der Waals surface area (Å²) in [5.41, 5.74) is 5.33. The summed E-state index contributed by atoms with van der Waals surface area (Å²) in [6.45, 7) is 5.92. The average molecular weight is 254 g/mol. The van der Waals surface area contributed by atoms with Crippen LogP contribution in [0.1, 0.15) is 38.5 Å². The molecule has 0 aliphatic rings. The summed E-state index contributed by atoms with van der Waals surface area (Å²) >= 11 is 1.71. The molecule has 0 saturated heterocycles. The highest BCUT2D eigenvalue weighted by atomic mass is 32.1. The lowest BCUT2D eigenvalue weighted by Crippen LogP contribution is -2.55. The van der Waals surface area contributed by atoms with Gasteiger partial charge in [-0.05, 0) is 31.2 Å². The zero-order chi connectivity index (χ0) is 12.9. The fourth-order valence-corrected chi connectivity index (χ4v) is 2.56. The molecule has 0 fully saturated rings. The summed E-state index contributed by atoms with van der Waals surface area (Å²) in [5.74, 6) is -0.0356. The summed E-state index contributed by atoms with van der Waals surface area (Å²) in [6, 6.07) is 4.24. The molecule has 0 aromatic carbocycles. The monoisotopic (exact) mass is 254 g/mol. The molecule has 1 aromatic rings. The van der Waals surface area contributed by atoms with Gasteiger partial charge in [-0.2, -0.15) is 0 Å². The second-order valence-electron chi connectivity index (χ2n) is 4.52. The molecule has 1 unspecified atom stereocenters. The Morgan fingerprint density at radius 3 is 2.65 bits per heavy atom. The minimum Gasteiger partial charge on any atom is -0.352 e. The van der Waals surface area contributed by atoms with Gasteiger partial charge < -0.3 is 11.1 Å². The van der Waals surface area contributed by atoms with Crippen LogP contribution >= 0.6 is 11.3 Å². The standard InChI is InChI=1S/C13H22N2OS/c1-4-13(14,5-2)12(16)15-10(3)9-11-7-6-8-17-11/h6-8,10H,4-5,9,14H2,1-3H3,(H,15,16). The van der Waals surface area contributed by atoms with Crippen molar-refractivity contribution in [3.8, 4) is 0 Å². The molecule has 3 N–H and O–H groups in total. The predicted octanol–water partition coefficient (Wildman–Crippen LogP) is 2.31. The maximum absolute atomic E-state index is 12.0. The van der Waals surface area contributed by atoms with Gasteiger partial charge in [0.25, 0.3) is 0 Å². The molecule has 0 radical (unpaired) electrons. The average Bonchev–Trinajstić information content (AvgIpc) is 2.80. The van der Waals surface area contributed by atoms with Crippen molar-refractivity contribution in [3.63, 3.8) is 0 Å². The number of carbonyl (C=O) groups excluding carboxylic acids is 1. The Morgan fingerprint density at radius 1 is 1.53 bits per heavy atom. The van der Waals surface area contributed by atoms with Crippen LogP contribution in [0.15, 0.2) is 17.5 Å². The van der Waals surface area contributed by atoms with Crippen LogP contribution in [0.2, 0.25) is 0 Å². The van der Waals surface area contributed by atoms with Gasteiger partial charge in [-0.25, -0.2) is 0 Å². The van der Waals surface area contributed by atoms with Crippen molar-refractivity contribution in [2.75, 3.05) is 0 Å². The van der Waals surface area contributed by atoms with E-state index < -0.39 is 5.54 Å². The molecule has 0 saturated carbocycles. The second-order valence-corrected chi connectivity index (χ2v) is 5.55. The van der Waals surface area contributed by atoms with Crippen molar-refractivity contribution in [3.05, 3.63) is 22.4 Å². The molecule has 0 spiro atoms. The fourth-order valence-electron chi connectivity index (χ4n) is 1.72. The molecule has 96 valence electrons. The number of rotatable bonds is 6. The highest BCUT2D eigenvalue weighted by Gasteiger charge is 2.30. The van der Waals surface area contributed by atoms with Crippen molar-refractivity contribution < 1.29 is 4.79 Å². The van der Waals surface area contributed by atoms with Crippen molar-refractivity contribution >= 4 is 17.2 Å². The Morgan fingerprint density at radius 2 is 2.18 bits per heavy atom. The Hall–Kier alpha value is -0.870. The maximum atomic E-state index is 12.0. The molecule has 0 bridgehead atoms. The van der Waals surface area contributed by atoms with Crippen LogP contribution in [-0.2, 0) is 11.2 Å². The van der Waals surface area contributed by atoms with Gasteiger partial charge in [0, 0.05) is 17.3 Å². The van der Waals surface area contributed by atoms with Gasteiger partial charge in [0.2, 0.25) is 5.91 Å². The fraction of sp³-hybridized carbons (Fsp3) is 0.615. The summed E-state index contributed by atoms with van der Waals surface area (Å²) in [6.07, 6.45) is 2.20. The van der Waals surface area contributed by atoms with Crippen LogP contribution in [0.4, 0.5) is 0 Å². The van der Waals surface area contributed by atoms with Crippen molar-refractivity contribution in [1.82, 2.24) is 5.32 Å². The van der Waals surface area contributed by atoms with E-state index in [2.05, 4.69) is 16.8 Å². The first-order valence-corrected chi connectivity index (χ1v) is 7.02. The first-order chi connectivity index (χ1) is 8.01. The van der Waals surface area contributed by atoms with Gasteiger partial charge in [0.15, 0.2) is 0 Å². The molecular weight excluding hydrogens is 232 g/mol. The van der Waals surface area contributed by atoms with E-state index in [1.807, 2.05) is 26.8 Å². The Bertz CT molecular complexity index is 344.